The van der Waals surface area contributed by atoms with Gasteiger partial charge in [0.2, 0.25) is 0 Å². The fraction of sp³-hybridized carbons (Fsp3) is 0.667. The predicted molar refractivity (Wildman–Crippen MR) is 48.2 cm³/mol. The Morgan fingerprint density at radius 3 is 3.08 bits per heavy atom. The fourth-order valence-electron chi connectivity index (χ4n) is 1.15. The third-order valence-corrected chi connectivity index (χ3v) is 1.88. The van der Waals surface area contributed by atoms with Crippen molar-refractivity contribution in [2.24, 2.45) is 0 Å². The minimum atomic E-state index is -0.315. The van der Waals surface area contributed by atoms with Gasteiger partial charge >= 0.3 is 5.97 Å². The molecule has 1 aliphatic heterocycles. The highest BCUT2D eigenvalue weighted by Gasteiger charge is 2.04. The van der Waals surface area contributed by atoms with Gasteiger partial charge in [0.1, 0.15) is 0 Å². The first kappa shape index (κ1) is 10.1. The average Bonchev–Trinajstić information content (AvgIpc) is 2.42. The van der Waals surface area contributed by atoms with Gasteiger partial charge in [-0.3, -0.25) is 0 Å². The third-order valence-electron chi connectivity index (χ3n) is 1.88. The van der Waals surface area contributed by atoms with E-state index in [1.165, 1.54) is 13.2 Å². The third kappa shape index (κ3) is 3.94. The summed E-state index contributed by atoms with van der Waals surface area (Å²) in [6.45, 7) is 3.31. The lowest BCUT2D eigenvalue weighted by molar-refractivity contribution is -0.134. The first-order valence-electron chi connectivity index (χ1n) is 4.41. The Morgan fingerprint density at radius 2 is 2.31 bits per heavy atom. The van der Waals surface area contributed by atoms with Gasteiger partial charge in [0, 0.05) is 32.0 Å². The summed E-state index contributed by atoms with van der Waals surface area (Å²) in [4.78, 5) is 12.8. The van der Waals surface area contributed by atoms with Crippen molar-refractivity contribution in [3.63, 3.8) is 0 Å². The molecule has 13 heavy (non-hydrogen) atoms. The zero-order valence-electron chi connectivity index (χ0n) is 7.86. The molecule has 0 atom stereocenters. The van der Waals surface area contributed by atoms with Crippen LogP contribution in [0.5, 0.6) is 0 Å². The summed E-state index contributed by atoms with van der Waals surface area (Å²) < 4.78 is 9.75. The van der Waals surface area contributed by atoms with Gasteiger partial charge < -0.3 is 14.4 Å². The fourth-order valence-corrected chi connectivity index (χ4v) is 1.15. The van der Waals surface area contributed by atoms with E-state index < -0.39 is 0 Å². The van der Waals surface area contributed by atoms with Crippen LogP contribution in [0.2, 0.25) is 0 Å². The van der Waals surface area contributed by atoms with Crippen LogP contribution in [0, 0.1) is 0 Å². The molecule has 0 amide bonds. The Bertz CT molecular complexity index is 183. The van der Waals surface area contributed by atoms with Crippen LogP contribution in [0.3, 0.4) is 0 Å². The summed E-state index contributed by atoms with van der Waals surface area (Å²) in [6, 6.07) is 0. The van der Waals surface area contributed by atoms with Crippen LogP contribution in [-0.2, 0) is 14.3 Å². The molecule has 0 aromatic carbocycles. The second-order valence-corrected chi connectivity index (χ2v) is 2.84. The van der Waals surface area contributed by atoms with E-state index in [0.717, 1.165) is 32.7 Å². The molecule has 0 aromatic heterocycles. The van der Waals surface area contributed by atoms with Crippen molar-refractivity contribution in [2.75, 3.05) is 33.4 Å². The van der Waals surface area contributed by atoms with E-state index in [2.05, 4.69) is 9.64 Å². The van der Waals surface area contributed by atoms with Crippen LogP contribution in [-0.4, -0.2) is 44.3 Å². The normalized spacial score (nSPS) is 18.7. The summed E-state index contributed by atoms with van der Waals surface area (Å²) in [6.07, 6.45) is 4.21. The molecule has 0 bridgehead atoms. The number of carbonyl (C=O) groups excluding carboxylic acids is 1. The van der Waals surface area contributed by atoms with Crippen molar-refractivity contribution in [3.8, 4) is 0 Å². The standard InChI is InChI=1S/C9H15NO3/c1-12-9(11)3-5-10-4-2-7-13-8-6-10/h3,5H,2,4,6-8H2,1H3. The summed E-state index contributed by atoms with van der Waals surface area (Å²) in [7, 11) is 1.37. The van der Waals surface area contributed by atoms with Crippen molar-refractivity contribution in [2.45, 2.75) is 6.42 Å². The Kier molecular flexibility index (Phi) is 4.32. The van der Waals surface area contributed by atoms with E-state index in [0.29, 0.717) is 0 Å². The molecule has 0 N–H and O–H groups in total. The summed E-state index contributed by atoms with van der Waals surface area (Å²) in [5, 5.41) is 0. The van der Waals surface area contributed by atoms with Gasteiger partial charge in [0.15, 0.2) is 0 Å². The van der Waals surface area contributed by atoms with Crippen molar-refractivity contribution in [3.05, 3.63) is 12.3 Å². The van der Waals surface area contributed by atoms with Gasteiger partial charge in [0.05, 0.1) is 13.7 Å². The van der Waals surface area contributed by atoms with Crippen LogP contribution in [0.1, 0.15) is 6.42 Å². The number of hydrogen-bond acceptors (Lipinski definition) is 4. The molecule has 4 nitrogen and oxygen atoms in total. The highest BCUT2D eigenvalue weighted by molar-refractivity contribution is 5.81. The van der Waals surface area contributed by atoms with Gasteiger partial charge in [0.25, 0.3) is 0 Å². The first-order chi connectivity index (χ1) is 6.33. The quantitative estimate of drug-likeness (QED) is 0.461. The molecule has 4 heteroatoms. The van der Waals surface area contributed by atoms with Gasteiger partial charge in [-0.1, -0.05) is 0 Å². The lowest BCUT2D eigenvalue weighted by atomic mass is 10.4. The molecular weight excluding hydrogens is 170 g/mol. The van der Waals surface area contributed by atoms with E-state index in [1.54, 1.807) is 6.20 Å². The second kappa shape index (κ2) is 5.59. The second-order valence-electron chi connectivity index (χ2n) is 2.84. The van der Waals surface area contributed by atoms with Crippen LogP contribution >= 0.6 is 0 Å². The molecule has 1 fully saturated rings. The van der Waals surface area contributed by atoms with Crippen molar-refractivity contribution >= 4 is 5.97 Å². The van der Waals surface area contributed by atoms with E-state index in [1.807, 2.05) is 0 Å². The number of nitrogens with zero attached hydrogens (tertiary/aromatic N) is 1. The Balaban J connectivity index is 2.33. The molecule has 0 saturated carbocycles. The lowest BCUT2D eigenvalue weighted by Crippen LogP contribution is -2.20. The Hall–Kier alpha value is -1.03. The molecule has 0 aliphatic carbocycles. The molecule has 0 spiro atoms. The number of esters is 1. The minimum absolute atomic E-state index is 0.315. The molecular formula is C9H15NO3. The van der Waals surface area contributed by atoms with Gasteiger partial charge in [-0.05, 0) is 6.42 Å². The maximum atomic E-state index is 10.8. The minimum Gasteiger partial charge on any atom is -0.466 e. The van der Waals surface area contributed by atoms with Crippen molar-refractivity contribution < 1.29 is 14.3 Å². The van der Waals surface area contributed by atoms with E-state index in [-0.39, 0.29) is 5.97 Å². The van der Waals surface area contributed by atoms with Crippen LogP contribution in [0.4, 0.5) is 0 Å². The van der Waals surface area contributed by atoms with Crippen LogP contribution in [0.15, 0.2) is 12.3 Å². The summed E-state index contributed by atoms with van der Waals surface area (Å²) >= 11 is 0. The number of rotatable bonds is 2. The van der Waals surface area contributed by atoms with Crippen molar-refractivity contribution in [1.29, 1.82) is 0 Å². The number of methoxy groups -OCH3 is 1. The number of hydrogen-bond donors (Lipinski definition) is 0. The SMILES string of the molecule is COC(=O)C=CN1CCCOCC1. The van der Waals surface area contributed by atoms with Gasteiger partial charge in [-0.2, -0.15) is 0 Å². The van der Waals surface area contributed by atoms with Gasteiger partial charge in [-0.25, -0.2) is 4.79 Å². The summed E-state index contributed by atoms with van der Waals surface area (Å²) in [5.74, 6) is -0.315. The molecule has 74 valence electrons. The first-order valence-corrected chi connectivity index (χ1v) is 4.41. The highest BCUT2D eigenvalue weighted by Crippen LogP contribution is 1.99. The Labute approximate surface area is 78.1 Å². The molecule has 0 radical (unpaired) electrons. The number of carbonyl (C=O) groups is 1. The lowest BCUT2D eigenvalue weighted by Gasteiger charge is -2.15. The molecule has 1 rings (SSSR count). The van der Waals surface area contributed by atoms with E-state index in [9.17, 15) is 4.79 Å². The molecule has 0 unspecified atom stereocenters. The average molecular weight is 185 g/mol. The largest absolute Gasteiger partial charge is 0.466 e. The molecule has 1 aliphatic rings. The van der Waals surface area contributed by atoms with E-state index in [4.69, 9.17) is 4.74 Å². The molecule has 0 aromatic rings. The zero-order chi connectivity index (χ0) is 9.52. The molecule has 1 saturated heterocycles. The van der Waals surface area contributed by atoms with Crippen molar-refractivity contribution in [1.82, 2.24) is 4.90 Å². The maximum Gasteiger partial charge on any atom is 0.331 e. The van der Waals surface area contributed by atoms with Crippen LogP contribution < -0.4 is 0 Å². The highest BCUT2D eigenvalue weighted by atomic mass is 16.5. The maximum absolute atomic E-state index is 10.8. The number of ether oxygens (including phenoxy) is 2. The summed E-state index contributed by atoms with van der Waals surface area (Å²) in [5.41, 5.74) is 0. The molecule has 1 heterocycles. The zero-order valence-corrected chi connectivity index (χ0v) is 7.86. The van der Waals surface area contributed by atoms with E-state index >= 15 is 0 Å². The van der Waals surface area contributed by atoms with Gasteiger partial charge in [-0.15, -0.1) is 0 Å². The van der Waals surface area contributed by atoms with Crippen LogP contribution in [0.25, 0.3) is 0 Å². The monoisotopic (exact) mass is 185 g/mol. The smallest absolute Gasteiger partial charge is 0.331 e. The Morgan fingerprint density at radius 1 is 1.46 bits per heavy atom. The topological polar surface area (TPSA) is 38.8 Å². The predicted octanol–water partition coefficient (Wildman–Crippen LogP) is 0.395.